The molecule has 1 amide bonds. The number of aliphatic carboxylic acids is 1. The van der Waals surface area contributed by atoms with Gasteiger partial charge < -0.3 is 29.4 Å². The van der Waals surface area contributed by atoms with Crippen molar-refractivity contribution in [2.75, 3.05) is 20.8 Å². The van der Waals surface area contributed by atoms with Crippen molar-refractivity contribution in [3.63, 3.8) is 0 Å². The number of nitrogens with one attached hydrogen (secondary N) is 1. The molecule has 0 spiro atoms. The number of methoxy groups -OCH3 is 2. The minimum atomic E-state index is -1.15. The maximum absolute atomic E-state index is 12.7. The van der Waals surface area contributed by atoms with E-state index in [9.17, 15) is 14.4 Å². The highest BCUT2D eigenvalue weighted by Crippen LogP contribution is 2.36. The van der Waals surface area contributed by atoms with Crippen LogP contribution in [0.4, 0.5) is 0 Å². The molecule has 1 unspecified atom stereocenters. The highest BCUT2D eigenvalue weighted by atomic mass is 16.5. The summed E-state index contributed by atoms with van der Waals surface area (Å²) in [5.41, 5.74) is 0.961. The van der Waals surface area contributed by atoms with Crippen LogP contribution in [-0.2, 0) is 9.59 Å². The maximum Gasteiger partial charge on any atom is 0.325 e. The number of ketones is 1. The molecule has 2 aromatic rings. The Morgan fingerprint density at radius 1 is 1.13 bits per heavy atom. The molecule has 0 saturated heterocycles. The van der Waals surface area contributed by atoms with Gasteiger partial charge in [0.25, 0.3) is 5.91 Å². The molecule has 1 heterocycles. The van der Waals surface area contributed by atoms with E-state index >= 15 is 0 Å². The van der Waals surface area contributed by atoms with Crippen molar-refractivity contribution < 1.29 is 38.4 Å². The number of fused-ring (bicyclic) bond motifs is 1. The first-order chi connectivity index (χ1) is 14.8. The third kappa shape index (κ3) is 4.95. The second kappa shape index (κ2) is 9.21. The van der Waals surface area contributed by atoms with Gasteiger partial charge in [-0.25, -0.2) is 0 Å². The number of hydrogen-bond donors (Lipinski definition) is 2. The van der Waals surface area contributed by atoms with E-state index in [1.807, 2.05) is 0 Å². The number of benzene rings is 2. The van der Waals surface area contributed by atoms with Crippen LogP contribution in [0.3, 0.4) is 0 Å². The number of ether oxygens (including phenoxy) is 4. The van der Waals surface area contributed by atoms with E-state index in [4.69, 9.17) is 24.1 Å². The molecule has 1 aliphatic rings. The van der Waals surface area contributed by atoms with Gasteiger partial charge >= 0.3 is 5.97 Å². The molecule has 0 fully saturated rings. The molecule has 3 rings (SSSR count). The average molecular weight is 427 g/mol. The zero-order valence-corrected chi connectivity index (χ0v) is 17.1. The molecular formula is C22H21NO8. The lowest BCUT2D eigenvalue weighted by Gasteiger charge is -2.10. The Kier molecular flexibility index (Phi) is 6.44. The summed E-state index contributed by atoms with van der Waals surface area (Å²) in [5.74, 6) is -0.207. The number of allylic oxidation sites excluding steroid dienone is 1. The van der Waals surface area contributed by atoms with Crippen LogP contribution in [-0.4, -0.2) is 49.6 Å². The third-order valence-corrected chi connectivity index (χ3v) is 4.48. The fourth-order valence-electron chi connectivity index (χ4n) is 2.84. The van der Waals surface area contributed by atoms with Crippen molar-refractivity contribution in [1.82, 2.24) is 5.32 Å². The van der Waals surface area contributed by atoms with Gasteiger partial charge in [-0.1, -0.05) is 0 Å². The average Bonchev–Trinajstić information content (AvgIpc) is 3.06. The summed E-state index contributed by atoms with van der Waals surface area (Å²) in [6.07, 6.45) is 1.56. The van der Waals surface area contributed by atoms with Crippen molar-refractivity contribution >= 4 is 23.7 Å². The predicted octanol–water partition coefficient (Wildman–Crippen LogP) is 2.29. The van der Waals surface area contributed by atoms with E-state index < -0.39 is 17.9 Å². The first-order valence-corrected chi connectivity index (χ1v) is 9.27. The summed E-state index contributed by atoms with van der Waals surface area (Å²) in [7, 11) is 3.06. The van der Waals surface area contributed by atoms with Crippen molar-refractivity contribution in [1.29, 1.82) is 0 Å². The van der Waals surface area contributed by atoms with Crippen LogP contribution in [0.2, 0.25) is 0 Å². The van der Waals surface area contributed by atoms with Crippen LogP contribution in [0.15, 0.2) is 42.2 Å². The fraction of sp³-hybridized carbons (Fsp3) is 0.227. The summed E-state index contributed by atoms with van der Waals surface area (Å²) in [5, 5.41) is 11.1. The van der Waals surface area contributed by atoms with Crippen LogP contribution in [0.5, 0.6) is 23.0 Å². The monoisotopic (exact) mass is 427 g/mol. The number of carboxylic acid groups (broad SMARTS) is 1. The molecular weight excluding hydrogens is 406 g/mol. The van der Waals surface area contributed by atoms with Gasteiger partial charge in [0, 0.05) is 11.6 Å². The lowest BCUT2D eigenvalue weighted by Crippen LogP contribution is -2.40. The minimum absolute atomic E-state index is 0.103. The molecule has 0 aromatic heterocycles. The van der Waals surface area contributed by atoms with E-state index in [2.05, 4.69) is 5.32 Å². The lowest BCUT2D eigenvalue weighted by molar-refractivity contribution is -0.141. The fourth-order valence-corrected chi connectivity index (χ4v) is 2.84. The normalized spacial score (nSPS) is 14.4. The molecule has 0 aliphatic carbocycles. The molecule has 1 atom stereocenters. The van der Waals surface area contributed by atoms with Gasteiger partial charge in [-0.3, -0.25) is 14.4 Å². The second-order valence-corrected chi connectivity index (χ2v) is 6.62. The van der Waals surface area contributed by atoms with Crippen LogP contribution in [0.25, 0.3) is 6.08 Å². The summed E-state index contributed by atoms with van der Waals surface area (Å²) in [6, 6.07) is 8.71. The number of carbonyl (C=O) groups is 3. The van der Waals surface area contributed by atoms with Crippen molar-refractivity contribution in [3.8, 4) is 23.0 Å². The third-order valence-electron chi connectivity index (χ3n) is 4.48. The van der Waals surface area contributed by atoms with Crippen LogP contribution in [0, 0.1) is 0 Å². The van der Waals surface area contributed by atoms with Crippen molar-refractivity contribution in [2.24, 2.45) is 0 Å². The first kappa shape index (κ1) is 21.7. The Morgan fingerprint density at radius 2 is 1.87 bits per heavy atom. The molecule has 0 radical (unpaired) electrons. The Hall–Kier alpha value is -4.01. The van der Waals surface area contributed by atoms with Gasteiger partial charge in [0.1, 0.15) is 29.0 Å². The Labute approximate surface area is 178 Å². The quantitative estimate of drug-likeness (QED) is 0.616. The van der Waals surface area contributed by atoms with E-state index in [0.717, 1.165) is 0 Å². The van der Waals surface area contributed by atoms with Gasteiger partial charge in [-0.05, 0) is 43.3 Å². The summed E-state index contributed by atoms with van der Waals surface area (Å²) in [6.45, 7) is 0.967. The summed E-state index contributed by atoms with van der Waals surface area (Å²) >= 11 is 0. The number of rotatable bonds is 8. The molecule has 9 nitrogen and oxygen atoms in total. The molecule has 162 valence electrons. The number of hydrogen-bond acceptors (Lipinski definition) is 7. The Bertz CT molecular complexity index is 1060. The largest absolute Gasteiger partial charge is 0.497 e. The van der Waals surface area contributed by atoms with Crippen LogP contribution < -0.4 is 24.3 Å². The predicted molar refractivity (Wildman–Crippen MR) is 110 cm³/mol. The molecule has 2 N–H and O–H groups in total. The van der Waals surface area contributed by atoms with Gasteiger partial charge in [0.2, 0.25) is 5.78 Å². The summed E-state index contributed by atoms with van der Waals surface area (Å²) in [4.78, 5) is 35.2. The lowest BCUT2D eigenvalue weighted by atomic mass is 10.1. The highest BCUT2D eigenvalue weighted by Gasteiger charge is 2.28. The van der Waals surface area contributed by atoms with Gasteiger partial charge in [0.15, 0.2) is 12.4 Å². The van der Waals surface area contributed by atoms with Crippen LogP contribution in [0.1, 0.15) is 22.8 Å². The van der Waals surface area contributed by atoms with Crippen molar-refractivity contribution in [3.05, 3.63) is 53.3 Å². The van der Waals surface area contributed by atoms with Gasteiger partial charge in [0.05, 0.1) is 19.8 Å². The zero-order valence-electron chi connectivity index (χ0n) is 17.1. The summed E-state index contributed by atoms with van der Waals surface area (Å²) < 4.78 is 21.6. The van der Waals surface area contributed by atoms with Crippen molar-refractivity contribution in [2.45, 2.75) is 13.0 Å². The van der Waals surface area contributed by atoms with E-state index in [1.54, 1.807) is 24.3 Å². The van der Waals surface area contributed by atoms with Gasteiger partial charge in [-0.2, -0.15) is 0 Å². The SMILES string of the molecule is COc1ccc(OC)c(C=C2Oc3cc(OCC(=O)NC(C)C(=O)O)ccc3C2=O)c1. The first-order valence-electron chi connectivity index (χ1n) is 9.27. The molecule has 0 bridgehead atoms. The number of carbonyl (C=O) groups excluding carboxylic acids is 2. The van der Waals surface area contributed by atoms with Gasteiger partial charge in [-0.15, -0.1) is 0 Å². The molecule has 9 heteroatoms. The molecule has 0 saturated carbocycles. The Morgan fingerprint density at radius 3 is 2.55 bits per heavy atom. The minimum Gasteiger partial charge on any atom is -0.497 e. The van der Waals surface area contributed by atoms with Crippen LogP contribution >= 0.6 is 0 Å². The van der Waals surface area contributed by atoms with E-state index in [0.29, 0.717) is 28.4 Å². The molecule has 31 heavy (non-hydrogen) atoms. The number of amides is 1. The standard InChI is InChI=1S/C22H21NO8/c1-12(22(26)27)23-20(24)11-30-15-4-6-16-18(10-15)31-19(21(16)25)9-13-8-14(28-2)5-7-17(13)29-3/h4-10,12H,11H2,1-3H3,(H,23,24)(H,26,27). The molecule has 2 aromatic carbocycles. The Balaban J connectivity index is 1.74. The topological polar surface area (TPSA) is 120 Å². The smallest absolute Gasteiger partial charge is 0.325 e. The second-order valence-electron chi connectivity index (χ2n) is 6.62. The number of carboxylic acids is 1. The van der Waals surface area contributed by atoms with E-state index in [-0.39, 0.29) is 23.9 Å². The maximum atomic E-state index is 12.7. The highest BCUT2D eigenvalue weighted by molar-refractivity contribution is 6.14. The zero-order chi connectivity index (χ0) is 22.5. The number of Topliss-reactive ketones (excluding diaryl/α,β-unsaturated/α-hetero) is 1. The molecule has 1 aliphatic heterocycles. The van der Waals surface area contributed by atoms with E-state index in [1.165, 1.54) is 39.3 Å².